The molecular formula is C21H17NO4. The number of benzene rings is 3. The highest BCUT2D eigenvalue weighted by atomic mass is 16.6. The zero-order chi connectivity index (χ0) is 18.5. The number of aliphatic hydroxyl groups excluding tert-OH is 1. The van der Waals surface area contributed by atoms with Crippen molar-refractivity contribution in [1.29, 1.82) is 0 Å². The van der Waals surface area contributed by atoms with E-state index in [0.29, 0.717) is 16.7 Å². The summed E-state index contributed by atoms with van der Waals surface area (Å²) in [5.74, 6) is -1.01. The molecular weight excluding hydrogens is 330 g/mol. The van der Waals surface area contributed by atoms with E-state index in [0.717, 1.165) is 0 Å². The maximum Gasteiger partial charge on any atom is 0.269 e. The van der Waals surface area contributed by atoms with Crippen molar-refractivity contribution in [2.24, 2.45) is 0 Å². The third kappa shape index (κ3) is 3.68. The monoisotopic (exact) mass is 347 g/mol. The van der Waals surface area contributed by atoms with Crippen LogP contribution in [0, 0.1) is 10.1 Å². The molecule has 26 heavy (non-hydrogen) atoms. The van der Waals surface area contributed by atoms with Crippen LogP contribution >= 0.6 is 0 Å². The molecule has 0 unspecified atom stereocenters. The molecule has 0 saturated carbocycles. The Balaban J connectivity index is 2.00. The second kappa shape index (κ2) is 7.72. The van der Waals surface area contributed by atoms with Crippen LogP contribution in [0.3, 0.4) is 0 Å². The zero-order valence-electron chi connectivity index (χ0n) is 13.9. The second-order valence-corrected chi connectivity index (χ2v) is 5.91. The number of ketones is 1. The molecule has 130 valence electrons. The van der Waals surface area contributed by atoms with E-state index in [9.17, 15) is 20.0 Å². The standard InChI is InChI=1S/C21H17NO4/c23-20(16-9-5-2-6-10-16)19(15-7-3-1-4-8-15)21(24)17-11-13-18(14-12-17)22(25)26/h1-14,19,21,24H/t19-,21-/m1/s1. The maximum absolute atomic E-state index is 13.1. The molecule has 5 nitrogen and oxygen atoms in total. The normalized spacial score (nSPS) is 13.0. The molecule has 0 spiro atoms. The van der Waals surface area contributed by atoms with Crippen LogP contribution in [0.1, 0.15) is 33.5 Å². The Kier molecular flexibility index (Phi) is 5.20. The summed E-state index contributed by atoms with van der Waals surface area (Å²) in [5.41, 5.74) is 1.58. The third-order valence-corrected chi connectivity index (χ3v) is 4.26. The number of rotatable bonds is 6. The van der Waals surface area contributed by atoms with Gasteiger partial charge in [-0.3, -0.25) is 14.9 Å². The molecule has 0 saturated heterocycles. The number of hydrogen-bond acceptors (Lipinski definition) is 4. The summed E-state index contributed by atoms with van der Waals surface area (Å²) in [6.45, 7) is 0. The Morgan fingerprint density at radius 3 is 1.88 bits per heavy atom. The van der Waals surface area contributed by atoms with Crippen LogP contribution in [0.2, 0.25) is 0 Å². The number of Topliss-reactive ketones (excluding diaryl/α,β-unsaturated/α-hetero) is 1. The molecule has 0 aliphatic carbocycles. The van der Waals surface area contributed by atoms with Crippen molar-refractivity contribution >= 4 is 11.5 Å². The zero-order valence-corrected chi connectivity index (χ0v) is 13.9. The van der Waals surface area contributed by atoms with E-state index < -0.39 is 16.9 Å². The molecule has 0 heterocycles. The number of nitro benzene ring substituents is 1. The smallest absolute Gasteiger partial charge is 0.269 e. The lowest BCUT2D eigenvalue weighted by Gasteiger charge is -2.23. The molecule has 0 aliphatic rings. The van der Waals surface area contributed by atoms with Gasteiger partial charge >= 0.3 is 0 Å². The fraction of sp³-hybridized carbons (Fsp3) is 0.0952. The molecule has 0 bridgehead atoms. The highest BCUT2D eigenvalue weighted by Gasteiger charge is 2.30. The highest BCUT2D eigenvalue weighted by molar-refractivity contribution is 6.01. The van der Waals surface area contributed by atoms with E-state index in [2.05, 4.69) is 0 Å². The molecule has 0 amide bonds. The van der Waals surface area contributed by atoms with Gasteiger partial charge in [-0.25, -0.2) is 0 Å². The number of aliphatic hydroxyl groups is 1. The molecule has 0 radical (unpaired) electrons. The fourth-order valence-corrected chi connectivity index (χ4v) is 2.91. The first-order valence-electron chi connectivity index (χ1n) is 8.14. The first-order valence-corrected chi connectivity index (χ1v) is 8.14. The van der Waals surface area contributed by atoms with Crippen LogP contribution < -0.4 is 0 Å². The Morgan fingerprint density at radius 1 is 0.808 bits per heavy atom. The minimum atomic E-state index is -1.12. The van der Waals surface area contributed by atoms with Crippen molar-refractivity contribution < 1.29 is 14.8 Å². The Hall–Kier alpha value is -3.31. The molecule has 3 aromatic carbocycles. The van der Waals surface area contributed by atoms with Gasteiger partial charge in [0.2, 0.25) is 0 Å². The van der Waals surface area contributed by atoms with Crippen molar-refractivity contribution in [3.63, 3.8) is 0 Å². The van der Waals surface area contributed by atoms with Crippen LogP contribution in [0.4, 0.5) is 5.69 Å². The van der Waals surface area contributed by atoms with Crippen LogP contribution in [0.15, 0.2) is 84.9 Å². The first kappa shape index (κ1) is 17.5. The molecule has 0 aliphatic heterocycles. The number of nitrogens with zero attached hydrogens (tertiary/aromatic N) is 1. The van der Waals surface area contributed by atoms with E-state index in [1.807, 2.05) is 24.3 Å². The summed E-state index contributed by atoms with van der Waals surface area (Å²) in [7, 11) is 0. The number of carbonyl (C=O) groups is 1. The van der Waals surface area contributed by atoms with Gasteiger partial charge in [0, 0.05) is 17.7 Å². The second-order valence-electron chi connectivity index (χ2n) is 5.91. The first-order chi connectivity index (χ1) is 12.6. The topological polar surface area (TPSA) is 80.4 Å². The summed E-state index contributed by atoms with van der Waals surface area (Å²) < 4.78 is 0. The van der Waals surface area contributed by atoms with Crippen LogP contribution in [0.25, 0.3) is 0 Å². The van der Waals surface area contributed by atoms with Crippen molar-refractivity contribution in [1.82, 2.24) is 0 Å². The number of non-ortho nitro benzene ring substituents is 1. The SMILES string of the molecule is O=C(c1ccccc1)[C@@H](c1ccccc1)[C@H](O)c1ccc([N+](=O)[O-])cc1. The Bertz CT molecular complexity index is 892. The van der Waals surface area contributed by atoms with Crippen LogP contribution in [-0.2, 0) is 0 Å². The lowest BCUT2D eigenvalue weighted by Crippen LogP contribution is -2.21. The van der Waals surface area contributed by atoms with E-state index in [-0.39, 0.29) is 11.5 Å². The van der Waals surface area contributed by atoms with E-state index in [1.165, 1.54) is 24.3 Å². The van der Waals surface area contributed by atoms with Gasteiger partial charge in [0.15, 0.2) is 5.78 Å². The van der Waals surface area contributed by atoms with Gasteiger partial charge < -0.3 is 5.11 Å². The molecule has 5 heteroatoms. The number of nitro groups is 1. The quantitative estimate of drug-likeness (QED) is 0.410. The lowest BCUT2D eigenvalue weighted by molar-refractivity contribution is -0.384. The van der Waals surface area contributed by atoms with Crippen molar-refractivity contribution in [2.75, 3.05) is 0 Å². The minimum absolute atomic E-state index is 0.0633. The van der Waals surface area contributed by atoms with E-state index >= 15 is 0 Å². The number of hydrogen-bond donors (Lipinski definition) is 1. The van der Waals surface area contributed by atoms with Gasteiger partial charge in [-0.1, -0.05) is 60.7 Å². The van der Waals surface area contributed by atoms with Crippen molar-refractivity contribution in [2.45, 2.75) is 12.0 Å². The van der Waals surface area contributed by atoms with Crippen LogP contribution in [-0.4, -0.2) is 15.8 Å². The lowest BCUT2D eigenvalue weighted by atomic mass is 9.83. The van der Waals surface area contributed by atoms with Gasteiger partial charge in [0.05, 0.1) is 16.9 Å². The fourth-order valence-electron chi connectivity index (χ4n) is 2.91. The summed E-state index contributed by atoms with van der Waals surface area (Å²) in [6, 6.07) is 23.4. The van der Waals surface area contributed by atoms with Gasteiger partial charge in [-0.05, 0) is 23.3 Å². The summed E-state index contributed by atoms with van der Waals surface area (Å²) in [4.78, 5) is 23.4. The largest absolute Gasteiger partial charge is 0.387 e. The molecule has 0 fully saturated rings. The molecule has 1 N–H and O–H groups in total. The van der Waals surface area contributed by atoms with E-state index in [4.69, 9.17) is 0 Å². The molecule has 3 aromatic rings. The summed E-state index contributed by atoms with van der Waals surface area (Å²) in [6.07, 6.45) is -1.12. The van der Waals surface area contributed by atoms with Gasteiger partial charge in [0.25, 0.3) is 5.69 Å². The van der Waals surface area contributed by atoms with E-state index in [1.54, 1.807) is 36.4 Å². The maximum atomic E-state index is 13.1. The van der Waals surface area contributed by atoms with Gasteiger partial charge in [0.1, 0.15) is 0 Å². The molecule has 2 atom stereocenters. The average Bonchev–Trinajstić information content (AvgIpc) is 2.69. The Morgan fingerprint density at radius 2 is 1.35 bits per heavy atom. The third-order valence-electron chi connectivity index (χ3n) is 4.26. The average molecular weight is 347 g/mol. The van der Waals surface area contributed by atoms with Gasteiger partial charge in [-0.2, -0.15) is 0 Å². The number of carbonyl (C=O) groups excluding carboxylic acids is 1. The van der Waals surface area contributed by atoms with Crippen molar-refractivity contribution in [3.8, 4) is 0 Å². The van der Waals surface area contributed by atoms with Gasteiger partial charge in [-0.15, -0.1) is 0 Å². The minimum Gasteiger partial charge on any atom is -0.387 e. The molecule has 0 aromatic heterocycles. The molecule has 3 rings (SSSR count). The van der Waals surface area contributed by atoms with Crippen molar-refractivity contribution in [3.05, 3.63) is 112 Å². The highest BCUT2D eigenvalue weighted by Crippen LogP contribution is 2.34. The Labute approximate surface area is 150 Å². The van der Waals surface area contributed by atoms with Crippen LogP contribution in [0.5, 0.6) is 0 Å². The predicted molar refractivity (Wildman–Crippen MR) is 98.0 cm³/mol. The summed E-state index contributed by atoms with van der Waals surface area (Å²) >= 11 is 0. The predicted octanol–water partition coefficient (Wildman–Crippen LogP) is 4.29. The summed E-state index contributed by atoms with van der Waals surface area (Å²) in [5, 5.41) is 21.7.